The van der Waals surface area contributed by atoms with Crippen LogP contribution < -0.4 is 15.2 Å². The Hall–Kier alpha value is -0.740. The molecular formula is C14H16BrNO2. The van der Waals surface area contributed by atoms with Gasteiger partial charge in [-0.15, -0.1) is 0 Å². The Labute approximate surface area is 115 Å². The van der Waals surface area contributed by atoms with Gasteiger partial charge in [-0.25, -0.2) is 0 Å². The molecule has 0 saturated heterocycles. The number of rotatable bonds is 2. The minimum absolute atomic E-state index is 0.0182. The average Bonchev–Trinajstić information content (AvgIpc) is 2.86. The quantitative estimate of drug-likeness (QED) is 0.913. The van der Waals surface area contributed by atoms with Crippen molar-refractivity contribution in [1.82, 2.24) is 0 Å². The fraction of sp³-hybridized carbons (Fsp3) is 0.571. The fourth-order valence-electron chi connectivity index (χ4n) is 2.68. The third kappa shape index (κ3) is 1.66. The van der Waals surface area contributed by atoms with E-state index in [1.807, 2.05) is 6.07 Å². The Bertz CT molecular complexity index is 521. The molecule has 1 aliphatic heterocycles. The molecule has 3 nitrogen and oxygen atoms in total. The van der Waals surface area contributed by atoms with E-state index in [0.29, 0.717) is 0 Å². The molecule has 1 aromatic rings. The first kappa shape index (κ1) is 11.1. The molecule has 2 N–H and O–H groups in total. The molecule has 2 aliphatic carbocycles. The van der Waals surface area contributed by atoms with Gasteiger partial charge in [0.15, 0.2) is 11.5 Å². The zero-order valence-electron chi connectivity index (χ0n) is 10.2. The van der Waals surface area contributed by atoms with Crippen LogP contribution in [0.5, 0.6) is 11.5 Å². The molecule has 0 atom stereocenters. The van der Waals surface area contributed by atoms with Gasteiger partial charge in [0, 0.05) is 22.9 Å². The Balaban J connectivity index is 1.65. The molecule has 1 aromatic carbocycles. The monoisotopic (exact) mass is 309 g/mol. The van der Waals surface area contributed by atoms with Crippen LogP contribution in [0.15, 0.2) is 16.6 Å². The first-order chi connectivity index (χ1) is 8.58. The number of hydrogen-bond donors (Lipinski definition) is 1. The Morgan fingerprint density at radius 3 is 2.33 bits per heavy atom. The molecule has 1 heterocycles. The summed E-state index contributed by atoms with van der Waals surface area (Å²) < 4.78 is 13.0. The van der Waals surface area contributed by atoms with Crippen LogP contribution in [0, 0.1) is 0 Å². The van der Waals surface area contributed by atoms with Gasteiger partial charge in [0.25, 0.3) is 5.79 Å². The van der Waals surface area contributed by atoms with Crippen LogP contribution >= 0.6 is 15.9 Å². The first-order valence-corrected chi connectivity index (χ1v) is 7.36. The van der Waals surface area contributed by atoms with E-state index in [-0.39, 0.29) is 11.3 Å². The maximum Gasteiger partial charge on any atom is 0.251 e. The summed E-state index contributed by atoms with van der Waals surface area (Å²) in [5.74, 6) is 1.41. The number of nitrogens with two attached hydrogens (primary N) is 1. The Kier molecular flexibility index (Phi) is 2.11. The van der Waals surface area contributed by atoms with Crippen LogP contribution in [-0.2, 0) is 6.42 Å². The molecule has 2 fully saturated rings. The van der Waals surface area contributed by atoms with Gasteiger partial charge in [-0.1, -0.05) is 15.9 Å². The van der Waals surface area contributed by atoms with Crippen LogP contribution in [-0.4, -0.2) is 11.3 Å². The molecule has 1 spiro atoms. The molecule has 18 heavy (non-hydrogen) atoms. The number of benzene rings is 1. The van der Waals surface area contributed by atoms with E-state index in [4.69, 9.17) is 15.2 Å². The zero-order chi connectivity index (χ0) is 12.4. The molecule has 0 aromatic heterocycles. The van der Waals surface area contributed by atoms with Crippen LogP contribution in [0.25, 0.3) is 0 Å². The Morgan fingerprint density at radius 2 is 1.78 bits per heavy atom. The molecule has 0 radical (unpaired) electrons. The van der Waals surface area contributed by atoms with Crippen molar-refractivity contribution in [3.63, 3.8) is 0 Å². The molecule has 4 rings (SSSR count). The van der Waals surface area contributed by atoms with Gasteiger partial charge in [-0.2, -0.15) is 0 Å². The van der Waals surface area contributed by atoms with Gasteiger partial charge < -0.3 is 15.2 Å². The van der Waals surface area contributed by atoms with Crippen molar-refractivity contribution in [2.45, 2.75) is 49.9 Å². The van der Waals surface area contributed by atoms with E-state index < -0.39 is 0 Å². The number of halogens is 1. The van der Waals surface area contributed by atoms with Crippen molar-refractivity contribution in [2.24, 2.45) is 5.73 Å². The first-order valence-electron chi connectivity index (χ1n) is 6.57. The van der Waals surface area contributed by atoms with Gasteiger partial charge in [0.2, 0.25) is 0 Å². The van der Waals surface area contributed by atoms with E-state index in [1.165, 1.54) is 12.0 Å². The van der Waals surface area contributed by atoms with E-state index in [9.17, 15) is 0 Å². The summed E-state index contributed by atoms with van der Waals surface area (Å²) >= 11 is 3.62. The highest BCUT2D eigenvalue weighted by atomic mass is 79.9. The molecule has 3 aliphatic rings. The highest BCUT2D eigenvalue weighted by Gasteiger charge is 2.47. The average molecular weight is 310 g/mol. The number of hydrogen-bond acceptors (Lipinski definition) is 3. The van der Waals surface area contributed by atoms with E-state index in [0.717, 1.165) is 48.1 Å². The predicted molar refractivity (Wildman–Crippen MR) is 71.8 cm³/mol. The second-order valence-electron chi connectivity index (χ2n) is 5.90. The summed E-state index contributed by atoms with van der Waals surface area (Å²) in [6, 6.07) is 4.13. The normalized spacial score (nSPS) is 25.0. The maximum atomic E-state index is 6.19. The lowest BCUT2D eigenvalue weighted by Gasteiger charge is -2.35. The third-order valence-corrected chi connectivity index (χ3v) is 4.99. The zero-order valence-corrected chi connectivity index (χ0v) is 11.8. The Morgan fingerprint density at radius 1 is 1.11 bits per heavy atom. The van der Waals surface area contributed by atoms with Crippen LogP contribution in [0.1, 0.15) is 37.7 Å². The molecule has 0 amide bonds. The van der Waals surface area contributed by atoms with E-state index in [1.54, 1.807) is 0 Å². The van der Waals surface area contributed by atoms with Crippen molar-refractivity contribution in [2.75, 3.05) is 0 Å². The largest absolute Gasteiger partial charge is 0.448 e. The standard InChI is InChI=1S/C14H16BrNO2/c15-10-7-12-11(17-14(18-12)2-1-3-14)6-9(10)8-13(16)4-5-13/h6-7H,1-5,8,16H2. The van der Waals surface area contributed by atoms with Crippen molar-refractivity contribution in [1.29, 1.82) is 0 Å². The van der Waals surface area contributed by atoms with E-state index >= 15 is 0 Å². The molecular weight excluding hydrogens is 294 g/mol. The smallest absolute Gasteiger partial charge is 0.251 e. The summed E-state index contributed by atoms with van der Waals surface area (Å²) in [4.78, 5) is 0. The lowest BCUT2D eigenvalue weighted by atomic mass is 9.91. The minimum Gasteiger partial charge on any atom is -0.448 e. The second-order valence-corrected chi connectivity index (χ2v) is 6.75. The van der Waals surface area contributed by atoms with Gasteiger partial charge >= 0.3 is 0 Å². The van der Waals surface area contributed by atoms with Gasteiger partial charge in [0.05, 0.1) is 0 Å². The van der Waals surface area contributed by atoms with Crippen LogP contribution in [0.4, 0.5) is 0 Å². The summed E-state index contributed by atoms with van der Waals surface area (Å²) in [7, 11) is 0. The van der Waals surface area contributed by atoms with Crippen molar-refractivity contribution in [3.05, 3.63) is 22.2 Å². The highest BCUT2D eigenvalue weighted by molar-refractivity contribution is 9.10. The molecule has 4 heteroatoms. The van der Waals surface area contributed by atoms with Crippen molar-refractivity contribution in [3.8, 4) is 11.5 Å². The summed E-state index contributed by atoms with van der Waals surface area (Å²) in [5, 5.41) is 0. The van der Waals surface area contributed by atoms with Gasteiger partial charge in [-0.3, -0.25) is 0 Å². The number of ether oxygens (including phenoxy) is 2. The molecule has 2 saturated carbocycles. The highest BCUT2D eigenvalue weighted by Crippen LogP contribution is 2.50. The topological polar surface area (TPSA) is 44.5 Å². The lowest BCUT2D eigenvalue weighted by molar-refractivity contribution is -0.138. The van der Waals surface area contributed by atoms with Gasteiger partial charge in [-0.05, 0) is 43.4 Å². The molecule has 0 unspecified atom stereocenters. The molecule has 96 valence electrons. The summed E-state index contributed by atoms with van der Waals surface area (Å²) in [6.45, 7) is 0. The van der Waals surface area contributed by atoms with Crippen LogP contribution in [0.3, 0.4) is 0 Å². The number of fused-ring (bicyclic) bond motifs is 1. The minimum atomic E-state index is -0.347. The SMILES string of the molecule is NC1(Cc2cc3c(cc2Br)OC2(CCC2)O3)CC1. The summed E-state index contributed by atoms with van der Waals surface area (Å²) in [6.07, 6.45) is 6.34. The fourth-order valence-corrected chi connectivity index (χ4v) is 3.14. The van der Waals surface area contributed by atoms with E-state index in [2.05, 4.69) is 22.0 Å². The lowest BCUT2D eigenvalue weighted by Crippen LogP contribution is -2.45. The van der Waals surface area contributed by atoms with Crippen LogP contribution in [0.2, 0.25) is 0 Å². The second kappa shape index (κ2) is 3.42. The van der Waals surface area contributed by atoms with Gasteiger partial charge in [0.1, 0.15) is 0 Å². The van der Waals surface area contributed by atoms with Crippen molar-refractivity contribution < 1.29 is 9.47 Å². The molecule has 0 bridgehead atoms. The maximum absolute atomic E-state index is 6.19. The third-order valence-electron chi connectivity index (χ3n) is 4.25. The van der Waals surface area contributed by atoms with Crippen molar-refractivity contribution >= 4 is 15.9 Å². The predicted octanol–water partition coefficient (Wildman–Crippen LogP) is 3.13. The summed E-state index contributed by atoms with van der Waals surface area (Å²) in [5.41, 5.74) is 7.44.